The van der Waals surface area contributed by atoms with Gasteiger partial charge in [-0.2, -0.15) is 0 Å². The van der Waals surface area contributed by atoms with Gasteiger partial charge in [-0.3, -0.25) is 0 Å². The van der Waals surface area contributed by atoms with E-state index in [1.54, 1.807) is 0 Å². The highest BCUT2D eigenvalue weighted by Gasteiger charge is 2.02. The zero-order valence-electron chi connectivity index (χ0n) is 9.16. The van der Waals surface area contributed by atoms with E-state index in [4.69, 9.17) is 5.73 Å². The van der Waals surface area contributed by atoms with Gasteiger partial charge < -0.3 is 10.6 Å². The maximum Gasteiger partial charge on any atom is 0.0368 e. The van der Waals surface area contributed by atoms with Gasteiger partial charge in [0.1, 0.15) is 0 Å². The molecule has 0 atom stereocenters. The average Bonchev–Trinajstić information content (AvgIpc) is 2.19. The number of nitrogens with zero attached hydrogens (tertiary/aromatic N) is 1. The summed E-state index contributed by atoms with van der Waals surface area (Å²) in [5.41, 5.74) is 8.13. The third-order valence-corrected chi connectivity index (χ3v) is 2.38. The number of anilines is 1. The molecule has 0 aliphatic heterocycles. The van der Waals surface area contributed by atoms with Crippen molar-refractivity contribution in [2.24, 2.45) is 5.73 Å². The highest BCUT2D eigenvalue weighted by molar-refractivity contribution is 5.48. The summed E-state index contributed by atoms with van der Waals surface area (Å²) in [6.45, 7) is 7.17. The van der Waals surface area contributed by atoms with Crippen LogP contribution < -0.4 is 10.6 Å². The van der Waals surface area contributed by atoms with E-state index in [2.05, 4.69) is 43.0 Å². The molecule has 0 bridgehead atoms. The van der Waals surface area contributed by atoms with Gasteiger partial charge in [0.25, 0.3) is 0 Å². The summed E-state index contributed by atoms with van der Waals surface area (Å²) in [7, 11) is 0. The van der Waals surface area contributed by atoms with E-state index in [1.165, 1.54) is 11.3 Å². The van der Waals surface area contributed by atoms with Gasteiger partial charge in [-0.1, -0.05) is 12.1 Å². The van der Waals surface area contributed by atoms with Gasteiger partial charge in [0.2, 0.25) is 0 Å². The largest absolute Gasteiger partial charge is 0.372 e. The van der Waals surface area contributed by atoms with Crippen LogP contribution in [0.1, 0.15) is 18.9 Å². The van der Waals surface area contributed by atoms with Crippen molar-refractivity contribution in [1.29, 1.82) is 0 Å². The van der Waals surface area contributed by atoms with Crippen molar-refractivity contribution < 1.29 is 0 Å². The third-order valence-electron chi connectivity index (χ3n) is 2.38. The molecule has 78 valence electrons. The van der Waals surface area contributed by atoms with Crippen LogP contribution in [0, 0.1) is 6.92 Å². The van der Waals surface area contributed by atoms with Gasteiger partial charge in [0.15, 0.2) is 0 Å². The van der Waals surface area contributed by atoms with Crippen molar-refractivity contribution >= 4 is 5.69 Å². The highest BCUT2D eigenvalue weighted by Crippen LogP contribution is 2.15. The molecule has 0 fully saturated rings. The van der Waals surface area contributed by atoms with Crippen LogP contribution in [0.4, 0.5) is 5.69 Å². The van der Waals surface area contributed by atoms with Gasteiger partial charge in [-0.05, 0) is 44.5 Å². The Hall–Kier alpha value is -1.02. The molecule has 1 aromatic rings. The maximum atomic E-state index is 5.51. The van der Waals surface area contributed by atoms with Crippen LogP contribution in [0.25, 0.3) is 0 Å². The van der Waals surface area contributed by atoms with Crippen LogP contribution in [0.2, 0.25) is 0 Å². The first-order valence-electron chi connectivity index (χ1n) is 5.29. The maximum absolute atomic E-state index is 5.51. The van der Waals surface area contributed by atoms with E-state index in [9.17, 15) is 0 Å². The zero-order chi connectivity index (χ0) is 10.4. The molecule has 0 saturated heterocycles. The lowest BCUT2D eigenvalue weighted by Crippen LogP contribution is -2.25. The molecule has 0 aliphatic carbocycles. The zero-order valence-corrected chi connectivity index (χ0v) is 9.16. The Morgan fingerprint density at radius 3 is 2.71 bits per heavy atom. The lowest BCUT2D eigenvalue weighted by Gasteiger charge is -2.23. The van der Waals surface area contributed by atoms with E-state index in [1.807, 2.05) is 0 Å². The Labute approximate surface area is 86.7 Å². The Morgan fingerprint density at radius 2 is 2.14 bits per heavy atom. The van der Waals surface area contributed by atoms with Crippen LogP contribution in [-0.4, -0.2) is 19.6 Å². The van der Waals surface area contributed by atoms with Gasteiger partial charge in [0.05, 0.1) is 0 Å². The second-order valence-electron chi connectivity index (χ2n) is 3.56. The second-order valence-corrected chi connectivity index (χ2v) is 3.56. The SMILES string of the molecule is CCN(CCCN)c1cccc(C)c1. The molecule has 0 spiro atoms. The van der Waals surface area contributed by atoms with E-state index < -0.39 is 0 Å². The van der Waals surface area contributed by atoms with Gasteiger partial charge >= 0.3 is 0 Å². The minimum Gasteiger partial charge on any atom is -0.372 e. The summed E-state index contributed by atoms with van der Waals surface area (Å²) in [5.74, 6) is 0. The van der Waals surface area contributed by atoms with Crippen molar-refractivity contribution in [3.05, 3.63) is 29.8 Å². The van der Waals surface area contributed by atoms with Crippen molar-refractivity contribution in [3.8, 4) is 0 Å². The predicted molar refractivity (Wildman–Crippen MR) is 62.7 cm³/mol. The molecule has 0 aromatic heterocycles. The topological polar surface area (TPSA) is 29.3 Å². The predicted octanol–water partition coefficient (Wildman–Crippen LogP) is 2.17. The molecule has 2 N–H and O–H groups in total. The van der Waals surface area contributed by atoms with E-state index in [0.717, 1.165) is 26.1 Å². The molecule has 1 rings (SSSR count). The number of hydrogen-bond donors (Lipinski definition) is 1. The van der Waals surface area contributed by atoms with E-state index in [-0.39, 0.29) is 0 Å². The second kappa shape index (κ2) is 5.66. The van der Waals surface area contributed by atoms with E-state index >= 15 is 0 Å². The van der Waals surface area contributed by atoms with Crippen LogP contribution >= 0.6 is 0 Å². The monoisotopic (exact) mass is 192 g/mol. The number of nitrogens with two attached hydrogens (primary N) is 1. The molecule has 0 heterocycles. The fraction of sp³-hybridized carbons (Fsp3) is 0.500. The molecule has 2 heteroatoms. The highest BCUT2D eigenvalue weighted by atomic mass is 15.1. The van der Waals surface area contributed by atoms with Gasteiger partial charge in [-0.25, -0.2) is 0 Å². The average molecular weight is 192 g/mol. The fourth-order valence-electron chi connectivity index (χ4n) is 1.58. The molecule has 0 radical (unpaired) electrons. The Bertz CT molecular complexity index is 271. The minimum atomic E-state index is 0.766. The number of hydrogen-bond acceptors (Lipinski definition) is 2. The quantitative estimate of drug-likeness (QED) is 0.774. The van der Waals surface area contributed by atoms with Crippen molar-refractivity contribution in [2.45, 2.75) is 20.3 Å². The fourth-order valence-corrected chi connectivity index (χ4v) is 1.58. The molecule has 0 saturated carbocycles. The summed E-state index contributed by atoms with van der Waals surface area (Å²) in [5, 5.41) is 0. The van der Waals surface area contributed by atoms with Crippen molar-refractivity contribution in [3.63, 3.8) is 0 Å². The van der Waals surface area contributed by atoms with Crippen LogP contribution in [0.3, 0.4) is 0 Å². The number of benzene rings is 1. The first-order valence-corrected chi connectivity index (χ1v) is 5.29. The molecule has 14 heavy (non-hydrogen) atoms. The first kappa shape index (κ1) is 11.1. The standard InChI is InChI=1S/C12H20N2/c1-3-14(9-5-8-13)12-7-4-6-11(2)10-12/h4,6-7,10H,3,5,8-9,13H2,1-2H3. The summed E-state index contributed by atoms with van der Waals surface area (Å²) in [4.78, 5) is 2.36. The van der Waals surface area contributed by atoms with Crippen LogP contribution in [-0.2, 0) is 0 Å². The molecule has 1 aromatic carbocycles. The molecular weight excluding hydrogens is 172 g/mol. The van der Waals surface area contributed by atoms with Crippen LogP contribution in [0.15, 0.2) is 24.3 Å². The molecule has 2 nitrogen and oxygen atoms in total. The minimum absolute atomic E-state index is 0.766. The Balaban J connectivity index is 2.68. The van der Waals surface area contributed by atoms with Gasteiger partial charge in [-0.15, -0.1) is 0 Å². The smallest absolute Gasteiger partial charge is 0.0368 e. The van der Waals surface area contributed by atoms with Crippen molar-refractivity contribution in [1.82, 2.24) is 0 Å². The summed E-state index contributed by atoms with van der Waals surface area (Å²) < 4.78 is 0. The molecule has 0 aliphatic rings. The molecule has 0 amide bonds. The third kappa shape index (κ3) is 3.04. The van der Waals surface area contributed by atoms with Crippen molar-refractivity contribution in [2.75, 3.05) is 24.5 Å². The molecule has 0 unspecified atom stereocenters. The summed E-state index contributed by atoms with van der Waals surface area (Å²) in [6, 6.07) is 8.61. The van der Waals surface area contributed by atoms with Crippen LogP contribution in [0.5, 0.6) is 0 Å². The first-order chi connectivity index (χ1) is 6.77. The number of rotatable bonds is 5. The number of aryl methyl sites for hydroxylation is 1. The molecular formula is C12H20N2. The lowest BCUT2D eigenvalue weighted by molar-refractivity contribution is 0.754. The Morgan fingerprint density at radius 1 is 1.36 bits per heavy atom. The Kier molecular flexibility index (Phi) is 4.47. The normalized spacial score (nSPS) is 10.2. The summed E-state index contributed by atoms with van der Waals surface area (Å²) in [6.07, 6.45) is 1.06. The van der Waals surface area contributed by atoms with Gasteiger partial charge in [0, 0.05) is 18.8 Å². The van der Waals surface area contributed by atoms with E-state index in [0.29, 0.717) is 0 Å². The summed E-state index contributed by atoms with van der Waals surface area (Å²) >= 11 is 0. The lowest BCUT2D eigenvalue weighted by atomic mass is 10.2.